The molecule has 0 spiro atoms. The predicted octanol–water partition coefficient (Wildman–Crippen LogP) is 8.70. The van der Waals surface area contributed by atoms with Crippen LogP contribution in [0.5, 0.6) is 0 Å². The van der Waals surface area contributed by atoms with E-state index in [0.29, 0.717) is 0 Å². The molecule has 214 valence electrons. The zero-order valence-electron chi connectivity index (χ0n) is 25.4. The van der Waals surface area contributed by atoms with E-state index in [1.54, 1.807) is 0 Å². The number of allylic oxidation sites excluding steroid dienone is 5. The van der Waals surface area contributed by atoms with Gasteiger partial charge in [0.15, 0.2) is 0 Å². The second kappa shape index (κ2) is 14.8. The molecule has 0 amide bonds. The Labute approximate surface area is 245 Å². The molecule has 5 heteroatoms. The largest absolute Gasteiger partial charge is 0.481 e. The summed E-state index contributed by atoms with van der Waals surface area (Å²) in [5, 5.41) is 14.3. The van der Waals surface area contributed by atoms with Gasteiger partial charge in [0, 0.05) is 37.9 Å². The van der Waals surface area contributed by atoms with Crippen molar-refractivity contribution in [3.63, 3.8) is 0 Å². The highest BCUT2D eigenvalue weighted by molar-refractivity contribution is 6.11. The van der Waals surface area contributed by atoms with E-state index in [2.05, 4.69) is 136 Å². The van der Waals surface area contributed by atoms with Gasteiger partial charge in [0.2, 0.25) is 0 Å². The highest BCUT2D eigenvalue weighted by Gasteiger charge is 2.19. The van der Waals surface area contributed by atoms with Crippen molar-refractivity contribution in [2.75, 3.05) is 30.3 Å². The number of carboxylic acid groups (broad SMARTS) is 1. The van der Waals surface area contributed by atoms with Crippen molar-refractivity contribution in [2.24, 2.45) is 4.99 Å². The lowest BCUT2D eigenvalue weighted by molar-refractivity contribution is -0.134. The van der Waals surface area contributed by atoms with Crippen LogP contribution in [-0.4, -0.2) is 36.4 Å². The fraction of sp³-hybridized carbons (Fsp3) is 0.278. The second-order valence-electron chi connectivity index (χ2n) is 10.0. The smallest absolute Gasteiger partial charge is 0.300 e. The molecule has 0 saturated carbocycles. The first-order chi connectivity index (χ1) is 19.7. The number of nitrogens with one attached hydrogen (secondary N) is 2. The van der Waals surface area contributed by atoms with Crippen LogP contribution in [0.3, 0.4) is 0 Å². The Kier molecular flexibility index (Phi) is 11.3. The Bertz CT molecular complexity index is 1500. The van der Waals surface area contributed by atoms with Crippen LogP contribution in [-0.2, 0) is 4.79 Å². The third-order valence-corrected chi connectivity index (χ3v) is 6.79. The van der Waals surface area contributed by atoms with Gasteiger partial charge in [0.25, 0.3) is 5.97 Å². The monoisotopic (exact) mass is 549 g/mol. The van der Waals surface area contributed by atoms with Crippen LogP contribution in [0.1, 0.15) is 56.9 Å². The zero-order valence-corrected chi connectivity index (χ0v) is 25.4. The van der Waals surface area contributed by atoms with Crippen molar-refractivity contribution in [1.82, 2.24) is 0 Å². The van der Waals surface area contributed by atoms with Crippen molar-refractivity contribution in [1.29, 1.82) is 0 Å². The zero-order chi connectivity index (χ0) is 29.9. The number of aliphatic imine (C=N–C) groups is 1. The molecular weight excluding hydrogens is 506 g/mol. The molecule has 5 nitrogen and oxygen atoms in total. The number of aryl methyl sites for hydroxylation is 2. The third-order valence-electron chi connectivity index (χ3n) is 6.79. The Balaban J connectivity index is 0.00000108. The molecule has 0 radical (unpaired) electrons. The van der Waals surface area contributed by atoms with Gasteiger partial charge in [0.1, 0.15) is 0 Å². The Morgan fingerprint density at radius 2 is 1.54 bits per heavy atom. The normalized spacial score (nSPS) is 14.6. The highest BCUT2D eigenvalue weighted by atomic mass is 16.4. The molecule has 0 heterocycles. The van der Waals surface area contributed by atoms with Crippen LogP contribution in [0.2, 0.25) is 0 Å². The summed E-state index contributed by atoms with van der Waals surface area (Å²) in [5.74, 6) is -0.833. The minimum Gasteiger partial charge on any atom is -0.481 e. The first-order valence-electron chi connectivity index (χ1n) is 14.3. The van der Waals surface area contributed by atoms with Gasteiger partial charge in [-0.15, -0.1) is 0 Å². The molecule has 0 aliphatic heterocycles. The molecule has 0 fully saturated rings. The summed E-state index contributed by atoms with van der Waals surface area (Å²) in [6.45, 7) is 16.6. The average Bonchev–Trinajstić information content (AvgIpc) is 2.93. The van der Waals surface area contributed by atoms with E-state index < -0.39 is 5.97 Å². The van der Waals surface area contributed by atoms with Crippen LogP contribution in [0.25, 0.3) is 16.7 Å². The van der Waals surface area contributed by atoms with Crippen molar-refractivity contribution in [3.05, 3.63) is 112 Å². The van der Waals surface area contributed by atoms with E-state index in [1.807, 2.05) is 0 Å². The fourth-order valence-electron chi connectivity index (χ4n) is 5.05. The lowest BCUT2D eigenvalue weighted by atomic mass is 9.83. The molecule has 41 heavy (non-hydrogen) atoms. The summed E-state index contributed by atoms with van der Waals surface area (Å²) in [6.07, 6.45) is 6.68. The topological polar surface area (TPSA) is 73.7 Å². The van der Waals surface area contributed by atoms with Crippen molar-refractivity contribution in [2.45, 2.75) is 48.5 Å². The summed E-state index contributed by atoms with van der Waals surface area (Å²) >= 11 is 0. The Hall–Kier alpha value is -4.38. The highest BCUT2D eigenvalue weighted by Crippen LogP contribution is 2.39. The summed E-state index contributed by atoms with van der Waals surface area (Å²) in [6, 6.07) is 22.2. The van der Waals surface area contributed by atoms with E-state index in [4.69, 9.17) is 9.90 Å². The van der Waals surface area contributed by atoms with Gasteiger partial charge < -0.3 is 15.7 Å². The summed E-state index contributed by atoms with van der Waals surface area (Å²) in [5.41, 5.74) is 14.5. The van der Waals surface area contributed by atoms with Gasteiger partial charge in [0.05, 0.1) is 5.71 Å². The number of rotatable bonds is 8. The molecule has 0 aromatic heterocycles. The second-order valence-corrected chi connectivity index (χ2v) is 10.0. The molecule has 4 rings (SSSR count). The summed E-state index contributed by atoms with van der Waals surface area (Å²) in [7, 11) is 0. The number of benzene rings is 3. The first-order valence-corrected chi connectivity index (χ1v) is 14.3. The van der Waals surface area contributed by atoms with E-state index >= 15 is 0 Å². The maximum Gasteiger partial charge on any atom is 0.300 e. The number of nitrogens with zero attached hydrogens (tertiary/aromatic N) is 1. The molecule has 3 aromatic rings. The van der Waals surface area contributed by atoms with Crippen molar-refractivity contribution in [3.8, 4) is 11.1 Å². The summed E-state index contributed by atoms with van der Waals surface area (Å²) < 4.78 is 0. The number of carbonyl (C=O) groups is 1. The fourth-order valence-corrected chi connectivity index (χ4v) is 5.05. The number of carboxylic acids is 1. The molecule has 0 saturated heterocycles. The molecule has 3 aromatic carbocycles. The van der Waals surface area contributed by atoms with E-state index in [1.165, 1.54) is 55.8 Å². The van der Waals surface area contributed by atoms with Gasteiger partial charge in [-0.1, -0.05) is 42.5 Å². The number of anilines is 2. The summed E-state index contributed by atoms with van der Waals surface area (Å²) in [4.78, 5) is 13.7. The standard InChI is InChI=1S/C34H39N3.C2H4O2/c1-7-35-28-16-17-29(23(4)22-28)34(27-15-19-33(37-9-3)25(6)21-27)31-13-11-10-12-30(31)26-14-18-32(36-8-2)24(5)20-26;1-2(3)4/h10-22,35-36H,7-9H2,1-6H3;1H3,(H,3,4)/b34-27-,37-33?;. The maximum absolute atomic E-state index is 9.00. The minimum atomic E-state index is -0.833. The lowest BCUT2D eigenvalue weighted by Crippen LogP contribution is -2.05. The van der Waals surface area contributed by atoms with Gasteiger partial charge in [-0.2, -0.15) is 0 Å². The first kappa shape index (κ1) is 31.2. The SMILES string of the molecule is CC(=O)O.CCN=C1C=C/C(=C(\c2ccc(NCC)cc2C)c2ccccc2-c2ccc(NCC)c(C)c2)C=C1C. The molecule has 3 N–H and O–H groups in total. The Morgan fingerprint density at radius 1 is 0.829 bits per heavy atom. The van der Waals surface area contributed by atoms with E-state index in [-0.39, 0.29) is 0 Å². The van der Waals surface area contributed by atoms with Gasteiger partial charge >= 0.3 is 0 Å². The van der Waals surface area contributed by atoms with Crippen LogP contribution in [0.15, 0.2) is 95.0 Å². The van der Waals surface area contributed by atoms with Gasteiger partial charge in [-0.3, -0.25) is 9.79 Å². The molecule has 0 atom stereocenters. The molecule has 0 unspecified atom stereocenters. The van der Waals surface area contributed by atoms with Crippen LogP contribution in [0, 0.1) is 13.8 Å². The van der Waals surface area contributed by atoms with Crippen molar-refractivity contribution >= 4 is 28.6 Å². The van der Waals surface area contributed by atoms with Gasteiger partial charge in [-0.05, 0) is 128 Å². The predicted molar refractivity (Wildman–Crippen MR) is 176 cm³/mol. The number of aliphatic carboxylic acids is 1. The quantitative estimate of drug-likeness (QED) is 0.263. The molecule has 0 bridgehead atoms. The van der Waals surface area contributed by atoms with E-state index in [9.17, 15) is 0 Å². The van der Waals surface area contributed by atoms with Crippen LogP contribution < -0.4 is 10.6 Å². The van der Waals surface area contributed by atoms with E-state index in [0.717, 1.165) is 38.0 Å². The van der Waals surface area contributed by atoms with Gasteiger partial charge in [-0.25, -0.2) is 0 Å². The molecule has 1 aliphatic rings. The Morgan fingerprint density at radius 3 is 2.15 bits per heavy atom. The van der Waals surface area contributed by atoms with Crippen LogP contribution in [0.4, 0.5) is 11.4 Å². The van der Waals surface area contributed by atoms with Crippen molar-refractivity contribution < 1.29 is 9.90 Å². The minimum absolute atomic E-state index is 0.785. The molecular formula is C36H43N3O2. The third kappa shape index (κ3) is 8.07. The molecule has 1 aliphatic carbocycles. The number of hydrogen-bond donors (Lipinski definition) is 3. The number of hydrogen-bond acceptors (Lipinski definition) is 4. The van der Waals surface area contributed by atoms with Crippen LogP contribution >= 0.6 is 0 Å². The maximum atomic E-state index is 9.00. The lowest BCUT2D eigenvalue weighted by Gasteiger charge is -2.21. The average molecular weight is 550 g/mol.